The molecular formula is C20H16O5. The molecule has 0 N–H and O–H groups in total. The lowest BCUT2D eigenvalue weighted by molar-refractivity contribution is 0.0986. The smallest absolute Gasteiger partial charge is 0.228 e. The molecule has 3 rings (SSSR count). The predicted octanol–water partition coefficient (Wildman–Crippen LogP) is 3.76. The Labute approximate surface area is 144 Å². The van der Waals surface area contributed by atoms with Gasteiger partial charge in [0.15, 0.2) is 11.5 Å². The molecule has 5 nitrogen and oxygen atoms in total. The first kappa shape index (κ1) is 16.5. The molecule has 0 aliphatic rings. The number of ketones is 2. The van der Waals surface area contributed by atoms with Crippen LogP contribution in [0.25, 0.3) is 0 Å². The zero-order chi connectivity index (χ0) is 17.8. The van der Waals surface area contributed by atoms with E-state index in [1.807, 2.05) is 0 Å². The molecule has 2 aromatic carbocycles. The van der Waals surface area contributed by atoms with Crippen molar-refractivity contribution in [3.63, 3.8) is 0 Å². The lowest BCUT2D eigenvalue weighted by Crippen LogP contribution is -2.01. The van der Waals surface area contributed by atoms with Gasteiger partial charge in [-0.15, -0.1) is 0 Å². The molecule has 0 bridgehead atoms. The maximum atomic E-state index is 12.4. The maximum Gasteiger partial charge on any atom is 0.228 e. The van der Waals surface area contributed by atoms with Crippen molar-refractivity contribution in [1.29, 1.82) is 0 Å². The molecule has 5 heteroatoms. The molecule has 0 aliphatic heterocycles. The predicted molar refractivity (Wildman–Crippen MR) is 91.6 cm³/mol. The van der Waals surface area contributed by atoms with Gasteiger partial charge in [0.25, 0.3) is 0 Å². The summed E-state index contributed by atoms with van der Waals surface area (Å²) in [4.78, 5) is 24.9. The van der Waals surface area contributed by atoms with Gasteiger partial charge in [0.2, 0.25) is 11.6 Å². The molecular weight excluding hydrogens is 320 g/mol. The number of hydrogen-bond donors (Lipinski definition) is 0. The van der Waals surface area contributed by atoms with E-state index in [1.54, 1.807) is 62.8 Å². The van der Waals surface area contributed by atoms with Crippen LogP contribution >= 0.6 is 0 Å². The van der Waals surface area contributed by atoms with Gasteiger partial charge in [-0.05, 0) is 60.7 Å². The lowest BCUT2D eigenvalue weighted by Gasteiger charge is -2.02. The summed E-state index contributed by atoms with van der Waals surface area (Å²) in [5.41, 5.74) is 0.914. The summed E-state index contributed by atoms with van der Waals surface area (Å²) < 4.78 is 15.6. The number of ether oxygens (including phenoxy) is 2. The first-order chi connectivity index (χ1) is 12.1. The van der Waals surface area contributed by atoms with Crippen molar-refractivity contribution in [1.82, 2.24) is 0 Å². The highest BCUT2D eigenvalue weighted by molar-refractivity contribution is 6.10. The van der Waals surface area contributed by atoms with Crippen molar-refractivity contribution < 1.29 is 23.5 Å². The van der Waals surface area contributed by atoms with Crippen molar-refractivity contribution in [3.8, 4) is 11.5 Å². The highest BCUT2D eigenvalue weighted by Gasteiger charge is 2.18. The number of carbonyl (C=O) groups is 2. The van der Waals surface area contributed by atoms with Crippen LogP contribution in [0, 0.1) is 0 Å². The minimum atomic E-state index is -0.295. The minimum absolute atomic E-state index is 0.113. The Hall–Kier alpha value is -3.34. The van der Waals surface area contributed by atoms with Gasteiger partial charge < -0.3 is 13.9 Å². The Morgan fingerprint density at radius 1 is 0.640 bits per heavy atom. The summed E-state index contributed by atoms with van der Waals surface area (Å²) in [5, 5.41) is 0. The van der Waals surface area contributed by atoms with Crippen molar-refractivity contribution in [2.75, 3.05) is 14.2 Å². The van der Waals surface area contributed by atoms with Crippen LogP contribution in [0.3, 0.4) is 0 Å². The molecule has 0 atom stereocenters. The fourth-order valence-electron chi connectivity index (χ4n) is 2.35. The van der Waals surface area contributed by atoms with E-state index in [9.17, 15) is 9.59 Å². The number of hydrogen-bond acceptors (Lipinski definition) is 5. The summed E-state index contributed by atoms with van der Waals surface area (Å²) >= 11 is 0. The normalized spacial score (nSPS) is 10.3. The molecule has 1 heterocycles. The van der Waals surface area contributed by atoms with Crippen LogP contribution in [0.1, 0.15) is 32.2 Å². The van der Waals surface area contributed by atoms with E-state index in [0.717, 1.165) is 0 Å². The second-order valence-corrected chi connectivity index (χ2v) is 5.28. The van der Waals surface area contributed by atoms with Crippen molar-refractivity contribution in [2.24, 2.45) is 0 Å². The minimum Gasteiger partial charge on any atom is -0.497 e. The van der Waals surface area contributed by atoms with Gasteiger partial charge in [0.05, 0.1) is 14.2 Å². The van der Waals surface area contributed by atoms with E-state index in [1.165, 1.54) is 12.1 Å². The highest BCUT2D eigenvalue weighted by atomic mass is 16.5. The third-order valence-corrected chi connectivity index (χ3v) is 3.76. The average molecular weight is 336 g/mol. The molecule has 126 valence electrons. The maximum absolute atomic E-state index is 12.4. The molecule has 25 heavy (non-hydrogen) atoms. The zero-order valence-corrected chi connectivity index (χ0v) is 13.8. The van der Waals surface area contributed by atoms with Crippen LogP contribution in [0.15, 0.2) is 65.1 Å². The number of methoxy groups -OCH3 is 2. The molecule has 0 unspecified atom stereocenters. The molecule has 0 aliphatic carbocycles. The van der Waals surface area contributed by atoms with Crippen LogP contribution in [0.4, 0.5) is 0 Å². The molecule has 3 aromatic rings. The van der Waals surface area contributed by atoms with Gasteiger partial charge in [-0.3, -0.25) is 9.59 Å². The number of benzene rings is 2. The second kappa shape index (κ2) is 7.05. The van der Waals surface area contributed by atoms with Crippen LogP contribution in [0.5, 0.6) is 11.5 Å². The molecule has 0 radical (unpaired) electrons. The van der Waals surface area contributed by atoms with Crippen LogP contribution in [-0.4, -0.2) is 25.8 Å². The van der Waals surface area contributed by atoms with Gasteiger partial charge in [0, 0.05) is 11.1 Å². The summed E-state index contributed by atoms with van der Waals surface area (Å²) in [6.45, 7) is 0. The third-order valence-electron chi connectivity index (χ3n) is 3.76. The van der Waals surface area contributed by atoms with E-state index < -0.39 is 0 Å². The van der Waals surface area contributed by atoms with E-state index in [0.29, 0.717) is 22.6 Å². The van der Waals surface area contributed by atoms with E-state index in [2.05, 4.69) is 0 Å². The van der Waals surface area contributed by atoms with Gasteiger partial charge in [-0.2, -0.15) is 0 Å². The van der Waals surface area contributed by atoms with Gasteiger partial charge >= 0.3 is 0 Å². The fourth-order valence-corrected chi connectivity index (χ4v) is 2.35. The molecule has 0 amide bonds. The van der Waals surface area contributed by atoms with Crippen molar-refractivity contribution >= 4 is 11.6 Å². The van der Waals surface area contributed by atoms with Crippen LogP contribution in [0.2, 0.25) is 0 Å². The Balaban J connectivity index is 1.80. The fraction of sp³-hybridized carbons (Fsp3) is 0.100. The zero-order valence-electron chi connectivity index (χ0n) is 13.8. The average Bonchev–Trinajstić information content (AvgIpc) is 3.17. The topological polar surface area (TPSA) is 65.7 Å². The number of carbonyl (C=O) groups excluding carboxylic acids is 2. The lowest BCUT2D eigenvalue weighted by atomic mass is 10.1. The summed E-state index contributed by atoms with van der Waals surface area (Å²) in [7, 11) is 3.11. The van der Waals surface area contributed by atoms with E-state index >= 15 is 0 Å². The quantitative estimate of drug-likeness (QED) is 0.641. The Morgan fingerprint density at radius 2 is 1.00 bits per heavy atom. The molecule has 0 spiro atoms. The van der Waals surface area contributed by atoms with E-state index in [-0.39, 0.29) is 23.1 Å². The number of rotatable bonds is 6. The van der Waals surface area contributed by atoms with Crippen LogP contribution in [-0.2, 0) is 0 Å². The Morgan fingerprint density at radius 3 is 1.32 bits per heavy atom. The summed E-state index contributed by atoms with van der Waals surface area (Å²) in [6.07, 6.45) is 0. The first-order valence-corrected chi connectivity index (χ1v) is 7.59. The van der Waals surface area contributed by atoms with Crippen molar-refractivity contribution in [3.05, 3.63) is 83.3 Å². The SMILES string of the molecule is COc1ccc(C(=O)c2ccc(C(=O)c3ccc(OC)cc3)o2)cc1. The molecule has 1 aromatic heterocycles. The molecule has 0 saturated carbocycles. The van der Waals surface area contributed by atoms with Gasteiger partial charge in [0.1, 0.15) is 11.5 Å². The van der Waals surface area contributed by atoms with Gasteiger partial charge in [-0.1, -0.05) is 0 Å². The largest absolute Gasteiger partial charge is 0.497 e. The van der Waals surface area contributed by atoms with Gasteiger partial charge in [-0.25, -0.2) is 0 Å². The monoisotopic (exact) mass is 336 g/mol. The number of furan rings is 1. The summed E-state index contributed by atoms with van der Waals surface area (Å²) in [6, 6.07) is 16.4. The van der Waals surface area contributed by atoms with Crippen LogP contribution < -0.4 is 9.47 Å². The first-order valence-electron chi connectivity index (χ1n) is 7.59. The summed E-state index contributed by atoms with van der Waals surface area (Å²) in [5.74, 6) is 0.953. The highest BCUT2D eigenvalue weighted by Crippen LogP contribution is 2.20. The molecule has 0 saturated heterocycles. The second-order valence-electron chi connectivity index (χ2n) is 5.28. The third kappa shape index (κ3) is 3.45. The van der Waals surface area contributed by atoms with Crippen molar-refractivity contribution in [2.45, 2.75) is 0 Å². The Kier molecular flexibility index (Phi) is 4.66. The van der Waals surface area contributed by atoms with E-state index in [4.69, 9.17) is 13.9 Å². The Bertz CT molecular complexity index is 815. The molecule has 0 fully saturated rings. The standard InChI is InChI=1S/C20H16O5/c1-23-15-7-3-13(4-8-15)19(21)17-11-12-18(25-17)20(22)14-5-9-16(24-2)10-6-14/h3-12H,1-2H3.